The molecule has 0 radical (unpaired) electrons. The van der Waals surface area contributed by atoms with Gasteiger partial charge in [0.2, 0.25) is 0 Å². The van der Waals surface area contributed by atoms with Crippen LogP contribution in [0.25, 0.3) is 22.4 Å². The van der Waals surface area contributed by atoms with Gasteiger partial charge in [0, 0.05) is 30.0 Å². The first kappa shape index (κ1) is 12.7. The Morgan fingerprint density at radius 2 is 1.70 bits per heavy atom. The van der Waals surface area contributed by atoms with E-state index in [2.05, 4.69) is 10.1 Å². The van der Waals surface area contributed by atoms with E-state index >= 15 is 0 Å². The molecule has 0 saturated carbocycles. The molecule has 3 rings (SSSR count). The molecule has 4 nitrogen and oxygen atoms in total. The van der Waals surface area contributed by atoms with Gasteiger partial charge in [-0.05, 0) is 29.8 Å². The third-order valence-corrected chi connectivity index (χ3v) is 3.41. The summed E-state index contributed by atoms with van der Waals surface area (Å²) in [6, 6.07) is 11.0. The molecule has 1 N–H and O–H groups in total. The quantitative estimate of drug-likeness (QED) is 0.786. The topological polar surface area (TPSA) is 50.7 Å². The van der Waals surface area contributed by atoms with E-state index in [4.69, 9.17) is 11.6 Å². The van der Waals surface area contributed by atoms with Crippen LogP contribution in [0.2, 0.25) is 5.02 Å². The van der Waals surface area contributed by atoms with E-state index in [1.165, 1.54) is 0 Å². The highest BCUT2D eigenvalue weighted by Crippen LogP contribution is 2.29. The second kappa shape index (κ2) is 4.98. The molecule has 0 atom stereocenters. The average Bonchev–Trinajstić information content (AvgIpc) is 2.75. The summed E-state index contributed by atoms with van der Waals surface area (Å²) in [6.07, 6.45) is 3.41. The molecule has 0 aliphatic heterocycles. The SMILES string of the molecule is Cn1[nH]c(=O)c(-c2ccc(Cl)cc2)c1-c1ccncc1. The summed E-state index contributed by atoms with van der Waals surface area (Å²) in [7, 11) is 1.82. The monoisotopic (exact) mass is 285 g/mol. The van der Waals surface area contributed by atoms with Crippen LogP contribution in [0.15, 0.2) is 53.6 Å². The molecular formula is C15H12ClN3O. The average molecular weight is 286 g/mol. The molecule has 5 heteroatoms. The van der Waals surface area contributed by atoms with Crippen molar-refractivity contribution in [3.05, 3.63) is 64.2 Å². The van der Waals surface area contributed by atoms with Gasteiger partial charge in [-0.1, -0.05) is 23.7 Å². The summed E-state index contributed by atoms with van der Waals surface area (Å²) in [4.78, 5) is 16.2. The molecule has 0 aliphatic carbocycles. The number of aromatic amines is 1. The number of benzene rings is 1. The van der Waals surface area contributed by atoms with Gasteiger partial charge in [-0.3, -0.25) is 19.6 Å². The first-order valence-corrected chi connectivity index (χ1v) is 6.50. The number of hydrogen-bond acceptors (Lipinski definition) is 2. The second-order valence-electron chi connectivity index (χ2n) is 4.47. The second-order valence-corrected chi connectivity index (χ2v) is 4.90. The van der Waals surface area contributed by atoms with Crippen molar-refractivity contribution >= 4 is 11.6 Å². The van der Waals surface area contributed by atoms with Crippen LogP contribution in [0, 0.1) is 0 Å². The van der Waals surface area contributed by atoms with Crippen LogP contribution in [-0.4, -0.2) is 14.8 Å². The van der Waals surface area contributed by atoms with Crippen molar-refractivity contribution in [3.63, 3.8) is 0 Å². The van der Waals surface area contributed by atoms with Gasteiger partial charge in [-0.2, -0.15) is 0 Å². The smallest absolute Gasteiger partial charge is 0.272 e. The number of H-pyrrole nitrogens is 1. The molecule has 0 amide bonds. The van der Waals surface area contributed by atoms with Gasteiger partial charge in [0.1, 0.15) is 0 Å². The summed E-state index contributed by atoms with van der Waals surface area (Å²) >= 11 is 5.90. The normalized spacial score (nSPS) is 10.7. The summed E-state index contributed by atoms with van der Waals surface area (Å²) in [5.41, 5.74) is 3.12. The number of nitrogens with zero attached hydrogens (tertiary/aromatic N) is 2. The standard InChI is InChI=1S/C15H12ClN3O/c1-19-14(11-6-8-17-9-7-11)13(15(20)18-19)10-2-4-12(16)5-3-10/h2-9H,1H3,(H,18,20). The number of aromatic nitrogens is 3. The van der Waals surface area contributed by atoms with Crippen LogP contribution in [-0.2, 0) is 7.05 Å². The third-order valence-electron chi connectivity index (χ3n) is 3.16. The highest BCUT2D eigenvalue weighted by atomic mass is 35.5. The molecule has 100 valence electrons. The van der Waals surface area contributed by atoms with E-state index in [1.807, 2.05) is 31.3 Å². The van der Waals surface area contributed by atoms with E-state index in [-0.39, 0.29) is 5.56 Å². The molecule has 0 aliphatic rings. The van der Waals surface area contributed by atoms with Crippen LogP contribution in [0.5, 0.6) is 0 Å². The lowest BCUT2D eigenvalue weighted by Crippen LogP contribution is -2.03. The maximum Gasteiger partial charge on any atom is 0.272 e. The number of rotatable bonds is 2. The van der Waals surface area contributed by atoms with Crippen LogP contribution in [0.3, 0.4) is 0 Å². The van der Waals surface area contributed by atoms with E-state index in [9.17, 15) is 4.79 Å². The van der Waals surface area contributed by atoms with Crippen LogP contribution >= 0.6 is 11.6 Å². The van der Waals surface area contributed by atoms with Gasteiger partial charge in [0.05, 0.1) is 11.3 Å². The van der Waals surface area contributed by atoms with Crippen molar-refractivity contribution in [3.8, 4) is 22.4 Å². The van der Waals surface area contributed by atoms with Gasteiger partial charge < -0.3 is 0 Å². The summed E-state index contributed by atoms with van der Waals surface area (Å²) < 4.78 is 1.72. The summed E-state index contributed by atoms with van der Waals surface area (Å²) in [5.74, 6) is 0. The first-order chi connectivity index (χ1) is 9.66. The minimum atomic E-state index is -0.123. The van der Waals surface area contributed by atoms with Crippen molar-refractivity contribution < 1.29 is 0 Å². The zero-order valence-corrected chi connectivity index (χ0v) is 11.6. The van der Waals surface area contributed by atoms with Crippen LogP contribution in [0.4, 0.5) is 0 Å². The highest BCUT2D eigenvalue weighted by Gasteiger charge is 2.16. The Bertz CT molecular complexity index is 788. The van der Waals surface area contributed by atoms with Crippen molar-refractivity contribution in [2.24, 2.45) is 7.05 Å². The molecule has 0 saturated heterocycles. The summed E-state index contributed by atoms with van der Waals surface area (Å²) in [5, 5.41) is 3.44. The van der Waals surface area contributed by atoms with Crippen molar-refractivity contribution in [2.75, 3.05) is 0 Å². The molecule has 3 aromatic rings. The van der Waals surface area contributed by atoms with Gasteiger partial charge in [-0.25, -0.2) is 0 Å². The molecule has 0 fully saturated rings. The van der Waals surface area contributed by atoms with Crippen molar-refractivity contribution in [1.82, 2.24) is 14.8 Å². The lowest BCUT2D eigenvalue weighted by molar-refractivity contribution is 0.764. The number of pyridine rings is 1. The molecule has 2 aromatic heterocycles. The van der Waals surface area contributed by atoms with Gasteiger partial charge in [0.25, 0.3) is 5.56 Å². The number of nitrogens with one attached hydrogen (secondary N) is 1. The van der Waals surface area contributed by atoms with Gasteiger partial charge in [0.15, 0.2) is 0 Å². The van der Waals surface area contributed by atoms with Crippen molar-refractivity contribution in [1.29, 1.82) is 0 Å². The third kappa shape index (κ3) is 2.14. The Morgan fingerprint density at radius 1 is 1.05 bits per heavy atom. The van der Waals surface area contributed by atoms with Gasteiger partial charge in [-0.15, -0.1) is 0 Å². The Hall–Kier alpha value is -2.33. The maximum absolute atomic E-state index is 12.2. The molecular weight excluding hydrogens is 274 g/mol. The van der Waals surface area contributed by atoms with E-state index in [0.717, 1.165) is 16.8 Å². The zero-order chi connectivity index (χ0) is 14.1. The minimum absolute atomic E-state index is 0.123. The van der Waals surface area contributed by atoms with E-state index in [0.29, 0.717) is 10.6 Å². The lowest BCUT2D eigenvalue weighted by Gasteiger charge is -2.06. The van der Waals surface area contributed by atoms with Crippen LogP contribution < -0.4 is 5.56 Å². The van der Waals surface area contributed by atoms with Crippen molar-refractivity contribution in [2.45, 2.75) is 0 Å². The Labute approximate surface area is 120 Å². The number of halogens is 1. The molecule has 0 unspecified atom stereocenters. The first-order valence-electron chi connectivity index (χ1n) is 6.12. The van der Waals surface area contributed by atoms with Gasteiger partial charge >= 0.3 is 0 Å². The molecule has 2 heterocycles. The fourth-order valence-electron chi connectivity index (χ4n) is 2.27. The molecule has 20 heavy (non-hydrogen) atoms. The maximum atomic E-state index is 12.2. The van der Waals surface area contributed by atoms with Crippen LogP contribution in [0.1, 0.15) is 0 Å². The lowest BCUT2D eigenvalue weighted by atomic mass is 10.0. The summed E-state index contributed by atoms with van der Waals surface area (Å²) in [6.45, 7) is 0. The Balaban J connectivity index is 2.26. The Kier molecular flexibility index (Phi) is 3.16. The number of aryl methyl sites for hydroxylation is 1. The highest BCUT2D eigenvalue weighted by molar-refractivity contribution is 6.30. The molecule has 0 spiro atoms. The fourth-order valence-corrected chi connectivity index (χ4v) is 2.40. The largest absolute Gasteiger partial charge is 0.287 e. The predicted octanol–water partition coefficient (Wildman–Crippen LogP) is 3.10. The zero-order valence-electron chi connectivity index (χ0n) is 10.8. The van der Waals surface area contributed by atoms with E-state index in [1.54, 1.807) is 29.2 Å². The molecule has 1 aromatic carbocycles. The molecule has 0 bridgehead atoms. The predicted molar refractivity (Wildman–Crippen MR) is 79.7 cm³/mol. The fraction of sp³-hybridized carbons (Fsp3) is 0.0667. The minimum Gasteiger partial charge on any atom is -0.287 e. The van der Waals surface area contributed by atoms with E-state index < -0.39 is 0 Å². The number of hydrogen-bond donors (Lipinski definition) is 1. The Morgan fingerprint density at radius 3 is 2.35 bits per heavy atom.